The molecule has 2 fully saturated rings. The Morgan fingerprint density at radius 3 is 2.53 bits per heavy atom. The van der Waals surface area contributed by atoms with Gasteiger partial charge in [0, 0.05) is 32.7 Å². The monoisotopic (exact) mass is 235 g/mol. The lowest BCUT2D eigenvalue weighted by atomic mass is 10.1. The number of nitrogens with one attached hydrogen (secondary N) is 2. The summed E-state index contributed by atoms with van der Waals surface area (Å²) < 4.78 is 0. The zero-order valence-electron chi connectivity index (χ0n) is 8.61. The number of aliphatic hydroxyl groups is 1. The van der Waals surface area contributed by atoms with E-state index in [1.165, 1.54) is 0 Å². The third kappa shape index (κ3) is 3.04. The van der Waals surface area contributed by atoms with Crippen LogP contribution < -0.4 is 10.6 Å². The van der Waals surface area contributed by atoms with Crippen molar-refractivity contribution in [1.82, 2.24) is 15.5 Å². The van der Waals surface area contributed by atoms with Gasteiger partial charge in [-0.15, -0.1) is 12.4 Å². The molecule has 0 aromatic carbocycles. The van der Waals surface area contributed by atoms with Gasteiger partial charge in [0.05, 0.1) is 12.1 Å². The van der Waals surface area contributed by atoms with Crippen LogP contribution in [0.15, 0.2) is 0 Å². The Morgan fingerprint density at radius 2 is 2.00 bits per heavy atom. The molecule has 0 radical (unpaired) electrons. The Morgan fingerprint density at radius 1 is 1.33 bits per heavy atom. The molecule has 0 aromatic heterocycles. The van der Waals surface area contributed by atoms with Crippen LogP contribution in [0.5, 0.6) is 0 Å². The fourth-order valence-corrected chi connectivity index (χ4v) is 2.01. The molecular weight excluding hydrogens is 218 g/mol. The van der Waals surface area contributed by atoms with Gasteiger partial charge in [0.25, 0.3) is 0 Å². The van der Waals surface area contributed by atoms with E-state index in [2.05, 4.69) is 10.6 Å². The second-order valence-corrected chi connectivity index (χ2v) is 3.93. The number of nitrogens with zero attached hydrogens (tertiary/aromatic N) is 1. The number of amides is 1. The summed E-state index contributed by atoms with van der Waals surface area (Å²) in [5.41, 5.74) is 0. The molecule has 2 saturated heterocycles. The Hall–Kier alpha value is -0.360. The summed E-state index contributed by atoms with van der Waals surface area (Å²) in [6, 6.07) is -0.164. The molecule has 2 aliphatic heterocycles. The summed E-state index contributed by atoms with van der Waals surface area (Å²) >= 11 is 0. The number of piperazine rings is 1. The summed E-state index contributed by atoms with van der Waals surface area (Å²) in [5, 5.41) is 15.5. The first-order valence-electron chi connectivity index (χ1n) is 5.18. The third-order valence-corrected chi connectivity index (χ3v) is 2.83. The van der Waals surface area contributed by atoms with Gasteiger partial charge in [-0.3, -0.25) is 4.79 Å². The lowest BCUT2D eigenvalue weighted by molar-refractivity contribution is -0.133. The van der Waals surface area contributed by atoms with Gasteiger partial charge in [-0.2, -0.15) is 0 Å². The van der Waals surface area contributed by atoms with Crippen LogP contribution in [0.1, 0.15) is 6.42 Å². The van der Waals surface area contributed by atoms with E-state index in [9.17, 15) is 9.90 Å². The van der Waals surface area contributed by atoms with E-state index in [1.54, 1.807) is 0 Å². The highest BCUT2D eigenvalue weighted by Crippen LogP contribution is 2.09. The first-order valence-corrected chi connectivity index (χ1v) is 5.18. The summed E-state index contributed by atoms with van der Waals surface area (Å²) in [5.74, 6) is 0.142. The number of hydrogen-bond acceptors (Lipinski definition) is 4. The molecule has 88 valence electrons. The van der Waals surface area contributed by atoms with Gasteiger partial charge < -0.3 is 20.6 Å². The Kier molecular flexibility index (Phi) is 4.79. The van der Waals surface area contributed by atoms with E-state index in [1.807, 2.05) is 4.90 Å². The van der Waals surface area contributed by atoms with Crippen LogP contribution in [-0.4, -0.2) is 60.8 Å². The van der Waals surface area contributed by atoms with Gasteiger partial charge in [-0.25, -0.2) is 0 Å². The first kappa shape index (κ1) is 12.7. The minimum absolute atomic E-state index is 0. The summed E-state index contributed by atoms with van der Waals surface area (Å²) in [4.78, 5) is 13.7. The molecule has 0 aromatic rings. The highest BCUT2D eigenvalue weighted by molar-refractivity contribution is 5.85. The number of aliphatic hydroxyl groups excluding tert-OH is 1. The van der Waals surface area contributed by atoms with E-state index >= 15 is 0 Å². The van der Waals surface area contributed by atoms with Crippen LogP contribution in [-0.2, 0) is 4.79 Å². The second kappa shape index (κ2) is 5.65. The van der Waals surface area contributed by atoms with Crippen LogP contribution in [0, 0.1) is 0 Å². The molecule has 0 unspecified atom stereocenters. The van der Waals surface area contributed by atoms with Crippen molar-refractivity contribution in [3.8, 4) is 0 Å². The number of carbonyl (C=O) groups is 1. The van der Waals surface area contributed by atoms with E-state index in [0.29, 0.717) is 13.0 Å². The molecule has 2 aliphatic rings. The number of halogens is 1. The normalized spacial score (nSPS) is 31.1. The standard InChI is InChI=1S/C9H17N3O2.ClH/c13-7-5-8(11-6-7)9(14)12-3-1-10-2-4-12;/h7-8,10-11,13H,1-6H2;1H/t7-,8+;/m0./s1. The van der Waals surface area contributed by atoms with Crippen molar-refractivity contribution in [2.45, 2.75) is 18.6 Å². The molecule has 0 aliphatic carbocycles. The van der Waals surface area contributed by atoms with Crippen molar-refractivity contribution in [3.05, 3.63) is 0 Å². The summed E-state index contributed by atoms with van der Waals surface area (Å²) in [6.07, 6.45) is 0.204. The highest BCUT2D eigenvalue weighted by Gasteiger charge is 2.31. The van der Waals surface area contributed by atoms with E-state index in [-0.39, 0.29) is 30.5 Å². The fourth-order valence-electron chi connectivity index (χ4n) is 2.01. The molecule has 2 heterocycles. The molecule has 2 atom stereocenters. The number of hydrogen-bond donors (Lipinski definition) is 3. The van der Waals surface area contributed by atoms with E-state index < -0.39 is 0 Å². The molecular formula is C9H18ClN3O2. The molecule has 15 heavy (non-hydrogen) atoms. The fraction of sp³-hybridized carbons (Fsp3) is 0.889. The van der Waals surface area contributed by atoms with E-state index in [4.69, 9.17) is 0 Å². The van der Waals surface area contributed by atoms with Crippen LogP contribution in [0.25, 0.3) is 0 Å². The highest BCUT2D eigenvalue weighted by atomic mass is 35.5. The maximum Gasteiger partial charge on any atom is 0.239 e. The molecule has 3 N–H and O–H groups in total. The molecule has 0 spiro atoms. The Balaban J connectivity index is 0.00000112. The largest absolute Gasteiger partial charge is 0.392 e. The molecule has 0 saturated carbocycles. The van der Waals surface area contributed by atoms with Gasteiger partial charge in [-0.05, 0) is 6.42 Å². The lowest BCUT2D eigenvalue weighted by Gasteiger charge is -2.29. The minimum Gasteiger partial charge on any atom is -0.392 e. The zero-order chi connectivity index (χ0) is 9.97. The zero-order valence-corrected chi connectivity index (χ0v) is 9.42. The van der Waals surface area contributed by atoms with E-state index in [0.717, 1.165) is 26.2 Å². The molecule has 2 rings (SSSR count). The van der Waals surface area contributed by atoms with Crippen molar-refractivity contribution in [2.75, 3.05) is 32.7 Å². The number of β-amino-alcohol motifs (C(OH)–C–C–N with tert-alkyl or cyclic N) is 1. The van der Waals surface area contributed by atoms with Crippen molar-refractivity contribution in [1.29, 1.82) is 0 Å². The predicted molar refractivity (Wildman–Crippen MR) is 59.1 cm³/mol. The topological polar surface area (TPSA) is 64.6 Å². The SMILES string of the molecule is Cl.O=C([C@H]1C[C@H](O)CN1)N1CCNCC1. The summed E-state index contributed by atoms with van der Waals surface area (Å²) in [7, 11) is 0. The maximum atomic E-state index is 11.9. The molecule has 5 nitrogen and oxygen atoms in total. The van der Waals surface area contributed by atoms with Crippen LogP contribution in [0.3, 0.4) is 0 Å². The van der Waals surface area contributed by atoms with Gasteiger partial charge in [0.2, 0.25) is 5.91 Å². The van der Waals surface area contributed by atoms with Gasteiger partial charge in [0.15, 0.2) is 0 Å². The predicted octanol–water partition coefficient (Wildman–Crippen LogP) is -1.44. The minimum atomic E-state index is -0.355. The maximum absolute atomic E-state index is 11.9. The van der Waals surface area contributed by atoms with Gasteiger partial charge in [-0.1, -0.05) is 0 Å². The van der Waals surface area contributed by atoms with Crippen molar-refractivity contribution < 1.29 is 9.90 Å². The van der Waals surface area contributed by atoms with Crippen molar-refractivity contribution in [3.63, 3.8) is 0 Å². The second-order valence-electron chi connectivity index (χ2n) is 3.93. The average Bonchev–Trinajstić information content (AvgIpc) is 2.65. The lowest BCUT2D eigenvalue weighted by Crippen LogP contribution is -2.51. The first-order chi connectivity index (χ1) is 6.77. The van der Waals surface area contributed by atoms with Crippen LogP contribution in [0.4, 0.5) is 0 Å². The summed E-state index contributed by atoms with van der Waals surface area (Å²) in [6.45, 7) is 3.87. The van der Waals surface area contributed by atoms with Crippen molar-refractivity contribution in [2.24, 2.45) is 0 Å². The smallest absolute Gasteiger partial charge is 0.239 e. The van der Waals surface area contributed by atoms with Crippen LogP contribution in [0.2, 0.25) is 0 Å². The number of carbonyl (C=O) groups excluding carboxylic acids is 1. The van der Waals surface area contributed by atoms with Gasteiger partial charge >= 0.3 is 0 Å². The number of rotatable bonds is 1. The van der Waals surface area contributed by atoms with Crippen LogP contribution >= 0.6 is 12.4 Å². The molecule has 0 bridgehead atoms. The quantitative estimate of drug-likeness (QED) is 0.521. The Labute approximate surface area is 95.6 Å². The van der Waals surface area contributed by atoms with Crippen molar-refractivity contribution >= 4 is 18.3 Å². The average molecular weight is 236 g/mol. The molecule has 6 heteroatoms. The third-order valence-electron chi connectivity index (χ3n) is 2.83. The van der Waals surface area contributed by atoms with Gasteiger partial charge in [0.1, 0.15) is 0 Å². The Bertz CT molecular complexity index is 215. The molecule has 1 amide bonds.